The summed E-state index contributed by atoms with van der Waals surface area (Å²) in [5.41, 5.74) is 0.886. The summed E-state index contributed by atoms with van der Waals surface area (Å²) in [5, 5.41) is 0. The predicted molar refractivity (Wildman–Crippen MR) is 122 cm³/mol. The number of halogens is 2. The van der Waals surface area contributed by atoms with Gasteiger partial charge in [0.05, 0.1) is 0 Å². The van der Waals surface area contributed by atoms with Crippen LogP contribution in [0.3, 0.4) is 0 Å². The van der Waals surface area contributed by atoms with Crippen LogP contribution in [0, 0.1) is 11.6 Å². The third-order valence-corrected chi connectivity index (χ3v) is 6.72. The van der Waals surface area contributed by atoms with Gasteiger partial charge in [-0.2, -0.15) is 0 Å². The van der Waals surface area contributed by atoms with E-state index in [1.165, 1.54) is 24.3 Å². The molecule has 0 unspecified atom stereocenters. The van der Waals surface area contributed by atoms with Crippen LogP contribution in [0.25, 0.3) is 5.57 Å². The molecule has 6 rings (SSSR count). The Morgan fingerprint density at radius 3 is 1.88 bits per heavy atom. The number of hydrogen-bond donors (Lipinski definition) is 0. The van der Waals surface area contributed by atoms with Crippen molar-refractivity contribution in [1.82, 2.24) is 0 Å². The summed E-state index contributed by atoms with van der Waals surface area (Å²) >= 11 is 0. The maximum absolute atomic E-state index is 14.1. The number of ether oxygens (including phenoxy) is 1. The zero-order valence-corrected chi connectivity index (χ0v) is 17.5. The largest absolute Gasteiger partial charge is 0.476 e. The van der Waals surface area contributed by atoms with Gasteiger partial charge in [-0.05, 0) is 47.5 Å². The Kier molecular flexibility index (Phi) is 4.15. The topological polar surface area (TPSA) is 26.3 Å². The number of rotatable bonds is 3. The minimum Gasteiger partial charge on any atom is -0.476 e. The number of carbonyl (C=O) groups is 1. The molecule has 0 saturated carbocycles. The summed E-state index contributed by atoms with van der Waals surface area (Å²) in [4.78, 5) is 14.1. The SMILES string of the molecule is O=C1C=C(c2ccccc2)[C@@]2(c3ccc(F)cc3)Oc3ccccc3[C@@]12c1ccc(F)cc1. The van der Waals surface area contributed by atoms with E-state index in [2.05, 4.69) is 0 Å². The number of para-hydroxylation sites is 1. The van der Waals surface area contributed by atoms with Crippen molar-refractivity contribution in [1.29, 1.82) is 0 Å². The summed E-state index contributed by atoms with van der Waals surface area (Å²) in [6.07, 6.45) is 1.62. The molecule has 0 N–H and O–H groups in total. The summed E-state index contributed by atoms with van der Waals surface area (Å²) in [6, 6.07) is 29.0. The lowest BCUT2D eigenvalue weighted by Crippen LogP contribution is -2.51. The first-order valence-corrected chi connectivity index (χ1v) is 10.7. The Morgan fingerprint density at radius 2 is 1.21 bits per heavy atom. The Hall–Kier alpha value is -4.05. The monoisotopic (exact) mass is 436 g/mol. The van der Waals surface area contributed by atoms with E-state index in [1.807, 2.05) is 54.6 Å². The lowest BCUT2D eigenvalue weighted by molar-refractivity contribution is -0.120. The third kappa shape index (κ3) is 2.49. The molecule has 4 aromatic rings. The van der Waals surface area contributed by atoms with E-state index >= 15 is 0 Å². The Balaban J connectivity index is 1.76. The van der Waals surface area contributed by atoms with Crippen molar-refractivity contribution in [2.45, 2.75) is 11.0 Å². The van der Waals surface area contributed by atoms with E-state index in [4.69, 9.17) is 4.74 Å². The fourth-order valence-corrected chi connectivity index (χ4v) is 5.42. The summed E-state index contributed by atoms with van der Waals surface area (Å²) in [6.45, 7) is 0. The number of carbonyl (C=O) groups excluding carboxylic acids is 1. The molecule has 33 heavy (non-hydrogen) atoms. The number of hydrogen-bond acceptors (Lipinski definition) is 2. The van der Waals surface area contributed by atoms with Crippen LogP contribution in [-0.2, 0) is 15.8 Å². The Labute approximate surface area is 189 Å². The second-order valence-corrected chi connectivity index (χ2v) is 8.33. The Bertz CT molecular complexity index is 1410. The zero-order valence-electron chi connectivity index (χ0n) is 17.5. The van der Waals surface area contributed by atoms with Crippen molar-refractivity contribution in [3.05, 3.63) is 143 Å². The molecule has 1 heterocycles. The lowest BCUT2D eigenvalue weighted by Gasteiger charge is -2.41. The molecule has 0 spiro atoms. The fourth-order valence-electron chi connectivity index (χ4n) is 5.42. The van der Waals surface area contributed by atoms with Gasteiger partial charge in [0.1, 0.15) is 22.8 Å². The average Bonchev–Trinajstić information content (AvgIpc) is 3.29. The molecule has 2 atom stereocenters. The van der Waals surface area contributed by atoms with E-state index in [1.54, 1.807) is 30.3 Å². The van der Waals surface area contributed by atoms with Gasteiger partial charge >= 0.3 is 0 Å². The minimum absolute atomic E-state index is 0.165. The fraction of sp³-hybridized carbons (Fsp3) is 0.0690. The van der Waals surface area contributed by atoms with Crippen LogP contribution < -0.4 is 4.74 Å². The molecule has 0 saturated heterocycles. The first-order valence-electron chi connectivity index (χ1n) is 10.7. The first-order chi connectivity index (χ1) is 16.1. The maximum Gasteiger partial charge on any atom is 0.181 e. The van der Waals surface area contributed by atoms with Crippen molar-refractivity contribution in [3.63, 3.8) is 0 Å². The smallest absolute Gasteiger partial charge is 0.181 e. The summed E-state index contributed by atoms with van der Waals surface area (Å²) in [5.74, 6) is -0.368. The molecule has 2 aliphatic rings. The molecule has 0 radical (unpaired) electrons. The van der Waals surface area contributed by atoms with E-state index < -0.39 is 16.8 Å². The predicted octanol–water partition coefficient (Wildman–Crippen LogP) is 6.21. The molecule has 4 heteroatoms. The number of fused-ring (bicyclic) bond motifs is 3. The van der Waals surface area contributed by atoms with Crippen LogP contribution in [-0.4, -0.2) is 5.78 Å². The van der Waals surface area contributed by atoms with Gasteiger partial charge in [0.25, 0.3) is 0 Å². The lowest BCUT2D eigenvalue weighted by atomic mass is 9.61. The number of allylic oxidation sites excluding steroid dienone is 1. The van der Waals surface area contributed by atoms with Crippen molar-refractivity contribution in [3.8, 4) is 5.75 Å². The zero-order chi connectivity index (χ0) is 22.6. The summed E-state index contributed by atoms with van der Waals surface area (Å²) < 4.78 is 34.7. The van der Waals surface area contributed by atoms with Crippen LogP contribution in [0.2, 0.25) is 0 Å². The standard InChI is InChI=1S/C29H18F2O2/c30-22-14-10-20(11-15-22)28-24-8-4-5-9-26(24)33-29(28,21-12-16-23(31)17-13-21)25(18-27(28)32)19-6-2-1-3-7-19/h1-18H/t28-,29+/m0/s1. The quantitative estimate of drug-likeness (QED) is 0.382. The van der Waals surface area contributed by atoms with Crippen LogP contribution in [0.1, 0.15) is 22.3 Å². The molecule has 0 aromatic heterocycles. The van der Waals surface area contributed by atoms with Gasteiger partial charge in [0.15, 0.2) is 11.4 Å². The van der Waals surface area contributed by atoms with Gasteiger partial charge in [0, 0.05) is 16.7 Å². The molecule has 4 aromatic carbocycles. The second-order valence-electron chi connectivity index (χ2n) is 8.33. The molecule has 1 aliphatic carbocycles. The summed E-state index contributed by atoms with van der Waals surface area (Å²) in [7, 11) is 0. The van der Waals surface area contributed by atoms with E-state index in [-0.39, 0.29) is 11.6 Å². The molecule has 160 valence electrons. The highest BCUT2D eigenvalue weighted by Crippen LogP contribution is 2.66. The minimum atomic E-state index is -1.29. The van der Waals surface area contributed by atoms with Crippen LogP contribution in [0.4, 0.5) is 8.78 Å². The number of ketones is 1. The highest BCUT2D eigenvalue weighted by atomic mass is 19.1. The molecular formula is C29H18F2O2. The van der Waals surface area contributed by atoms with E-state index in [0.717, 1.165) is 5.56 Å². The van der Waals surface area contributed by atoms with Gasteiger partial charge in [-0.25, -0.2) is 8.78 Å². The highest BCUT2D eigenvalue weighted by molar-refractivity contribution is 6.16. The van der Waals surface area contributed by atoms with Crippen LogP contribution in [0.5, 0.6) is 5.75 Å². The van der Waals surface area contributed by atoms with Gasteiger partial charge in [-0.15, -0.1) is 0 Å². The first kappa shape index (κ1) is 19.6. The van der Waals surface area contributed by atoms with Crippen molar-refractivity contribution < 1.29 is 18.3 Å². The highest BCUT2D eigenvalue weighted by Gasteiger charge is 2.70. The maximum atomic E-state index is 14.1. The van der Waals surface area contributed by atoms with Crippen molar-refractivity contribution >= 4 is 11.4 Å². The second kappa shape index (κ2) is 6.97. The van der Waals surface area contributed by atoms with Gasteiger partial charge in [-0.1, -0.05) is 72.8 Å². The molecule has 0 fully saturated rings. The molecule has 1 aliphatic heterocycles. The average molecular weight is 436 g/mol. The van der Waals surface area contributed by atoms with Gasteiger partial charge in [-0.3, -0.25) is 4.79 Å². The van der Waals surface area contributed by atoms with Gasteiger partial charge < -0.3 is 4.74 Å². The van der Waals surface area contributed by atoms with E-state index in [9.17, 15) is 13.6 Å². The Morgan fingerprint density at radius 1 is 0.636 bits per heavy atom. The van der Waals surface area contributed by atoms with E-state index in [0.29, 0.717) is 28.0 Å². The van der Waals surface area contributed by atoms with Crippen LogP contribution in [0.15, 0.2) is 109 Å². The number of benzene rings is 4. The van der Waals surface area contributed by atoms with Gasteiger partial charge in [0.2, 0.25) is 0 Å². The van der Waals surface area contributed by atoms with Crippen LogP contribution >= 0.6 is 0 Å². The molecular weight excluding hydrogens is 418 g/mol. The molecule has 2 nitrogen and oxygen atoms in total. The molecule has 0 bridgehead atoms. The van der Waals surface area contributed by atoms with Crippen molar-refractivity contribution in [2.75, 3.05) is 0 Å². The van der Waals surface area contributed by atoms with Crippen molar-refractivity contribution in [2.24, 2.45) is 0 Å². The third-order valence-electron chi connectivity index (χ3n) is 6.72. The normalized spacial score (nSPS) is 23.0. The molecule has 0 amide bonds.